The van der Waals surface area contributed by atoms with Crippen molar-refractivity contribution in [3.8, 4) is 0 Å². The normalized spacial score (nSPS) is 22.3. The molecule has 16 heavy (non-hydrogen) atoms. The summed E-state index contributed by atoms with van der Waals surface area (Å²) in [5.74, 6) is 0. The van der Waals surface area contributed by atoms with Crippen molar-refractivity contribution in [2.24, 2.45) is 0 Å². The second-order valence-electron chi connectivity index (χ2n) is 4.61. The molecule has 1 aromatic rings. The van der Waals surface area contributed by atoms with E-state index in [1.807, 2.05) is 13.0 Å². The molecule has 1 unspecified atom stereocenters. The van der Waals surface area contributed by atoms with Crippen LogP contribution in [0.2, 0.25) is 5.02 Å². The van der Waals surface area contributed by atoms with Gasteiger partial charge in [-0.05, 0) is 43.5 Å². The van der Waals surface area contributed by atoms with Gasteiger partial charge in [-0.25, -0.2) is 0 Å². The molecule has 2 nitrogen and oxygen atoms in total. The standard InChI is InChI=1S/C13H18ClNO/c1-10-7-11(4-5-13(10)14)8-15-6-2-3-12(16)9-15/h4-5,7,12,16H,2-3,6,8-9H2,1H3. The summed E-state index contributed by atoms with van der Waals surface area (Å²) in [4.78, 5) is 2.30. The lowest BCUT2D eigenvalue weighted by atomic mass is 10.1. The van der Waals surface area contributed by atoms with Crippen LogP contribution in [0.25, 0.3) is 0 Å². The van der Waals surface area contributed by atoms with Gasteiger partial charge in [-0.3, -0.25) is 4.90 Å². The van der Waals surface area contributed by atoms with Gasteiger partial charge in [0.25, 0.3) is 0 Å². The Morgan fingerprint density at radius 1 is 1.50 bits per heavy atom. The molecule has 1 fully saturated rings. The molecule has 0 amide bonds. The highest BCUT2D eigenvalue weighted by Crippen LogP contribution is 2.19. The van der Waals surface area contributed by atoms with Crippen LogP contribution in [0.5, 0.6) is 0 Å². The highest BCUT2D eigenvalue weighted by molar-refractivity contribution is 6.31. The summed E-state index contributed by atoms with van der Waals surface area (Å²) in [5.41, 5.74) is 2.40. The number of benzene rings is 1. The quantitative estimate of drug-likeness (QED) is 0.858. The summed E-state index contributed by atoms with van der Waals surface area (Å²) >= 11 is 5.99. The fourth-order valence-electron chi connectivity index (χ4n) is 2.24. The second-order valence-corrected chi connectivity index (χ2v) is 5.02. The van der Waals surface area contributed by atoms with E-state index in [1.54, 1.807) is 0 Å². The van der Waals surface area contributed by atoms with Gasteiger partial charge in [0.2, 0.25) is 0 Å². The van der Waals surface area contributed by atoms with Crippen LogP contribution in [0, 0.1) is 6.92 Å². The Bertz CT molecular complexity index is 367. The van der Waals surface area contributed by atoms with E-state index in [1.165, 1.54) is 5.56 Å². The van der Waals surface area contributed by atoms with Gasteiger partial charge in [-0.15, -0.1) is 0 Å². The second kappa shape index (κ2) is 5.17. The first-order valence-electron chi connectivity index (χ1n) is 5.80. The van der Waals surface area contributed by atoms with Crippen molar-refractivity contribution in [2.45, 2.75) is 32.4 Å². The van der Waals surface area contributed by atoms with Gasteiger partial charge in [-0.1, -0.05) is 23.7 Å². The molecule has 1 aliphatic heterocycles. The molecule has 1 N–H and O–H groups in total. The molecule has 1 heterocycles. The number of β-amino-alcohol motifs (C(OH)–C–C–N with tert-alkyl or cyclic N) is 1. The van der Waals surface area contributed by atoms with Gasteiger partial charge in [-0.2, -0.15) is 0 Å². The van der Waals surface area contributed by atoms with E-state index in [0.29, 0.717) is 0 Å². The number of halogens is 1. The molecule has 0 aromatic heterocycles. The molecule has 3 heteroatoms. The van der Waals surface area contributed by atoms with Crippen molar-refractivity contribution in [1.82, 2.24) is 4.90 Å². The summed E-state index contributed by atoms with van der Waals surface area (Å²) in [6.45, 7) is 4.81. The number of hydrogen-bond acceptors (Lipinski definition) is 2. The van der Waals surface area contributed by atoms with Crippen LogP contribution in [0.3, 0.4) is 0 Å². The van der Waals surface area contributed by atoms with Crippen LogP contribution in [-0.2, 0) is 6.54 Å². The first kappa shape index (κ1) is 11.9. The summed E-state index contributed by atoms with van der Waals surface area (Å²) in [7, 11) is 0. The fourth-order valence-corrected chi connectivity index (χ4v) is 2.36. The zero-order valence-corrected chi connectivity index (χ0v) is 10.4. The van der Waals surface area contributed by atoms with E-state index in [4.69, 9.17) is 11.6 Å². The van der Waals surface area contributed by atoms with Gasteiger partial charge in [0.15, 0.2) is 0 Å². The van der Waals surface area contributed by atoms with E-state index in [0.717, 1.165) is 43.1 Å². The van der Waals surface area contributed by atoms with Crippen molar-refractivity contribution in [3.05, 3.63) is 34.3 Å². The third-order valence-electron chi connectivity index (χ3n) is 3.11. The molecule has 2 rings (SSSR count). The van der Waals surface area contributed by atoms with Gasteiger partial charge >= 0.3 is 0 Å². The van der Waals surface area contributed by atoms with Crippen molar-refractivity contribution < 1.29 is 5.11 Å². The summed E-state index contributed by atoms with van der Waals surface area (Å²) in [6.07, 6.45) is 1.88. The molecule has 1 atom stereocenters. The zero-order valence-electron chi connectivity index (χ0n) is 9.62. The molecule has 1 aromatic carbocycles. The third kappa shape index (κ3) is 2.97. The van der Waals surface area contributed by atoms with Crippen LogP contribution in [0.4, 0.5) is 0 Å². The van der Waals surface area contributed by atoms with Crippen LogP contribution in [0.1, 0.15) is 24.0 Å². The lowest BCUT2D eigenvalue weighted by Gasteiger charge is -2.30. The Morgan fingerprint density at radius 3 is 3.00 bits per heavy atom. The zero-order chi connectivity index (χ0) is 11.5. The maximum atomic E-state index is 9.59. The highest BCUT2D eigenvalue weighted by atomic mass is 35.5. The van der Waals surface area contributed by atoms with E-state index in [2.05, 4.69) is 17.0 Å². The van der Waals surface area contributed by atoms with Crippen molar-refractivity contribution >= 4 is 11.6 Å². The summed E-state index contributed by atoms with van der Waals surface area (Å²) in [5, 5.41) is 10.4. The molecule has 0 bridgehead atoms. The fraction of sp³-hybridized carbons (Fsp3) is 0.538. The first-order valence-corrected chi connectivity index (χ1v) is 6.18. The van der Waals surface area contributed by atoms with E-state index < -0.39 is 0 Å². The highest BCUT2D eigenvalue weighted by Gasteiger charge is 2.17. The number of aryl methyl sites for hydroxylation is 1. The number of nitrogens with zero attached hydrogens (tertiary/aromatic N) is 1. The first-order chi connectivity index (χ1) is 7.65. The molecule has 0 radical (unpaired) electrons. The number of hydrogen-bond donors (Lipinski definition) is 1. The largest absolute Gasteiger partial charge is 0.392 e. The van der Waals surface area contributed by atoms with E-state index in [-0.39, 0.29) is 6.10 Å². The van der Waals surface area contributed by atoms with Crippen molar-refractivity contribution in [2.75, 3.05) is 13.1 Å². The predicted octanol–water partition coefficient (Wildman–Crippen LogP) is 2.61. The lowest BCUT2D eigenvalue weighted by molar-refractivity contribution is 0.0668. The average molecular weight is 240 g/mol. The van der Waals surface area contributed by atoms with Crippen LogP contribution in [-0.4, -0.2) is 29.2 Å². The van der Waals surface area contributed by atoms with Crippen LogP contribution in [0.15, 0.2) is 18.2 Å². The minimum Gasteiger partial charge on any atom is -0.392 e. The van der Waals surface area contributed by atoms with E-state index >= 15 is 0 Å². The molecular formula is C13H18ClNO. The number of aliphatic hydroxyl groups is 1. The molecule has 0 aliphatic carbocycles. The lowest BCUT2D eigenvalue weighted by Crippen LogP contribution is -2.37. The maximum Gasteiger partial charge on any atom is 0.0667 e. The van der Waals surface area contributed by atoms with Crippen molar-refractivity contribution in [3.63, 3.8) is 0 Å². The summed E-state index contributed by atoms with van der Waals surface area (Å²) in [6, 6.07) is 6.15. The Labute approximate surface area is 102 Å². The summed E-state index contributed by atoms with van der Waals surface area (Å²) < 4.78 is 0. The Hall–Kier alpha value is -0.570. The molecule has 0 spiro atoms. The average Bonchev–Trinajstić information content (AvgIpc) is 2.24. The minimum absolute atomic E-state index is 0.151. The van der Waals surface area contributed by atoms with Gasteiger partial charge in [0.1, 0.15) is 0 Å². The molecule has 1 aliphatic rings. The maximum absolute atomic E-state index is 9.59. The van der Waals surface area contributed by atoms with E-state index in [9.17, 15) is 5.11 Å². The molecular weight excluding hydrogens is 222 g/mol. The smallest absolute Gasteiger partial charge is 0.0667 e. The number of rotatable bonds is 2. The Kier molecular flexibility index (Phi) is 3.85. The predicted molar refractivity (Wildman–Crippen MR) is 66.7 cm³/mol. The van der Waals surface area contributed by atoms with Gasteiger partial charge in [0.05, 0.1) is 6.10 Å². The third-order valence-corrected chi connectivity index (χ3v) is 3.53. The number of likely N-dealkylation sites (tertiary alicyclic amines) is 1. The Balaban J connectivity index is 2.00. The number of aliphatic hydroxyl groups excluding tert-OH is 1. The van der Waals surface area contributed by atoms with Gasteiger partial charge < -0.3 is 5.11 Å². The minimum atomic E-state index is -0.151. The molecule has 1 saturated heterocycles. The molecule has 0 saturated carbocycles. The van der Waals surface area contributed by atoms with Gasteiger partial charge in [0, 0.05) is 18.1 Å². The van der Waals surface area contributed by atoms with Crippen LogP contribution >= 0.6 is 11.6 Å². The van der Waals surface area contributed by atoms with Crippen molar-refractivity contribution in [1.29, 1.82) is 0 Å². The Morgan fingerprint density at radius 2 is 2.31 bits per heavy atom. The number of piperidine rings is 1. The SMILES string of the molecule is Cc1cc(CN2CCCC(O)C2)ccc1Cl. The van der Waals surface area contributed by atoms with Crippen LogP contribution < -0.4 is 0 Å². The monoisotopic (exact) mass is 239 g/mol. The topological polar surface area (TPSA) is 23.5 Å². The molecule has 88 valence electrons.